The number of rotatable bonds is 7. The zero-order chi connectivity index (χ0) is 20.8. The summed E-state index contributed by atoms with van der Waals surface area (Å²) in [5.74, 6) is -0.567. The Kier molecular flexibility index (Phi) is 6.25. The van der Waals surface area contributed by atoms with Crippen LogP contribution in [-0.2, 0) is 4.79 Å². The first-order chi connectivity index (χ1) is 13.9. The Morgan fingerprint density at radius 3 is 2.69 bits per heavy atom. The lowest BCUT2D eigenvalue weighted by Gasteiger charge is -2.08. The maximum Gasteiger partial charge on any atom is 0.387 e. The number of amides is 1. The molecule has 0 aliphatic carbocycles. The molecule has 3 rings (SSSR count). The number of nitrogens with zero attached hydrogens (tertiary/aromatic N) is 2. The van der Waals surface area contributed by atoms with Crippen LogP contribution < -0.4 is 10.1 Å². The minimum atomic E-state index is -2.97. The first kappa shape index (κ1) is 20.1. The van der Waals surface area contributed by atoms with Gasteiger partial charge in [0.15, 0.2) is 5.13 Å². The molecule has 0 fully saturated rings. The molecule has 0 radical (unpaired) electrons. The summed E-state index contributed by atoms with van der Waals surface area (Å²) >= 11 is 1.10. The molecule has 1 aromatic heterocycles. The van der Waals surface area contributed by atoms with E-state index in [-0.39, 0.29) is 22.1 Å². The van der Waals surface area contributed by atoms with Crippen molar-refractivity contribution >= 4 is 34.1 Å². The number of alkyl halides is 2. The van der Waals surface area contributed by atoms with E-state index in [1.807, 2.05) is 0 Å². The van der Waals surface area contributed by atoms with E-state index < -0.39 is 17.4 Å². The largest absolute Gasteiger partial charge is 0.434 e. The third-order valence-electron chi connectivity index (χ3n) is 3.66. The Labute approximate surface area is 167 Å². The first-order valence-electron chi connectivity index (χ1n) is 8.16. The lowest BCUT2D eigenvalue weighted by molar-refractivity contribution is -0.385. The van der Waals surface area contributed by atoms with Gasteiger partial charge in [0.1, 0.15) is 5.75 Å². The highest BCUT2D eigenvalue weighted by atomic mass is 32.1. The van der Waals surface area contributed by atoms with Crippen molar-refractivity contribution in [3.8, 4) is 17.0 Å². The molecule has 0 saturated heterocycles. The Bertz CT molecular complexity index is 1070. The van der Waals surface area contributed by atoms with Gasteiger partial charge in [-0.2, -0.15) is 8.78 Å². The summed E-state index contributed by atoms with van der Waals surface area (Å²) in [6, 6.07) is 12.2. The number of para-hydroxylation sites is 2. The number of hydrogen-bond acceptors (Lipinski definition) is 6. The van der Waals surface area contributed by atoms with Crippen LogP contribution >= 0.6 is 11.3 Å². The van der Waals surface area contributed by atoms with Crippen LogP contribution in [0, 0.1) is 10.1 Å². The fraction of sp³-hybridized carbons (Fsp3) is 0.0526. The van der Waals surface area contributed by atoms with E-state index in [1.165, 1.54) is 30.3 Å². The molecular weight excluding hydrogens is 404 g/mol. The van der Waals surface area contributed by atoms with E-state index >= 15 is 0 Å². The lowest BCUT2D eigenvalue weighted by Crippen LogP contribution is -2.07. The first-order valence-corrected chi connectivity index (χ1v) is 9.04. The number of anilines is 1. The quantitative estimate of drug-likeness (QED) is 0.333. The smallest absolute Gasteiger partial charge is 0.387 e. The van der Waals surface area contributed by atoms with Crippen LogP contribution in [0.15, 0.2) is 60.0 Å². The Balaban J connectivity index is 1.73. The number of carbonyl (C=O) groups excluding carboxylic acids is 1. The second kappa shape index (κ2) is 9.02. The number of benzene rings is 2. The second-order valence-electron chi connectivity index (χ2n) is 5.55. The van der Waals surface area contributed by atoms with Crippen LogP contribution in [0.25, 0.3) is 17.3 Å². The Hall–Kier alpha value is -3.66. The highest BCUT2D eigenvalue weighted by molar-refractivity contribution is 7.14. The number of thiazole rings is 1. The van der Waals surface area contributed by atoms with Crippen LogP contribution in [-0.4, -0.2) is 22.4 Å². The molecule has 10 heteroatoms. The van der Waals surface area contributed by atoms with Crippen LogP contribution in [0.5, 0.6) is 5.75 Å². The van der Waals surface area contributed by atoms with Gasteiger partial charge in [0.25, 0.3) is 5.69 Å². The third kappa shape index (κ3) is 5.20. The zero-order valence-electron chi connectivity index (χ0n) is 14.6. The summed E-state index contributed by atoms with van der Waals surface area (Å²) in [5, 5.41) is 15.4. The van der Waals surface area contributed by atoms with Gasteiger partial charge in [-0.25, -0.2) is 4.98 Å². The number of carbonyl (C=O) groups is 1. The zero-order valence-corrected chi connectivity index (χ0v) is 15.4. The number of hydrogen-bond donors (Lipinski definition) is 1. The van der Waals surface area contributed by atoms with Gasteiger partial charge < -0.3 is 4.74 Å². The molecule has 2 aromatic carbocycles. The molecule has 3 aromatic rings. The maximum absolute atomic E-state index is 12.5. The molecule has 29 heavy (non-hydrogen) atoms. The van der Waals surface area contributed by atoms with Crippen molar-refractivity contribution in [2.75, 3.05) is 5.32 Å². The standard InChI is InChI=1S/C19H13F2N3O4S/c20-18(21)28-16-8-4-2-6-13(16)14-11-29-19(22-14)23-17(25)10-9-12-5-1-3-7-15(12)24(26)27/h1-11,18H,(H,22,23,25)/b10-9+. The average molecular weight is 417 g/mol. The molecule has 0 aliphatic rings. The van der Waals surface area contributed by atoms with E-state index in [0.717, 1.165) is 17.4 Å². The molecular formula is C19H13F2N3O4S. The van der Waals surface area contributed by atoms with Gasteiger partial charge in [-0.05, 0) is 24.3 Å². The number of ether oxygens (including phenoxy) is 1. The van der Waals surface area contributed by atoms with Gasteiger partial charge >= 0.3 is 6.61 Å². The topological polar surface area (TPSA) is 94.4 Å². The van der Waals surface area contributed by atoms with Crippen LogP contribution in [0.2, 0.25) is 0 Å². The molecule has 0 unspecified atom stereocenters. The highest BCUT2D eigenvalue weighted by Crippen LogP contribution is 2.33. The number of nitro groups is 1. The molecule has 0 saturated carbocycles. The van der Waals surface area contributed by atoms with Gasteiger partial charge in [-0.15, -0.1) is 11.3 Å². The van der Waals surface area contributed by atoms with E-state index in [4.69, 9.17) is 0 Å². The Morgan fingerprint density at radius 2 is 1.93 bits per heavy atom. The van der Waals surface area contributed by atoms with Gasteiger partial charge in [-0.1, -0.05) is 24.3 Å². The molecule has 0 spiro atoms. The predicted octanol–water partition coefficient (Wildman–Crippen LogP) is 4.97. The van der Waals surface area contributed by atoms with Crippen molar-refractivity contribution in [2.45, 2.75) is 6.61 Å². The average Bonchev–Trinajstić information content (AvgIpc) is 3.14. The molecule has 7 nitrogen and oxygen atoms in total. The number of nitro benzene ring substituents is 1. The van der Waals surface area contributed by atoms with Gasteiger partial charge in [0.05, 0.1) is 16.2 Å². The number of aromatic nitrogens is 1. The molecule has 1 N–H and O–H groups in total. The Morgan fingerprint density at radius 1 is 1.21 bits per heavy atom. The maximum atomic E-state index is 12.5. The van der Waals surface area contributed by atoms with E-state index in [0.29, 0.717) is 11.3 Å². The minimum absolute atomic E-state index is 0.0260. The van der Waals surface area contributed by atoms with E-state index in [2.05, 4.69) is 15.0 Å². The van der Waals surface area contributed by atoms with Crippen LogP contribution in [0.1, 0.15) is 5.56 Å². The van der Waals surface area contributed by atoms with Crippen molar-refractivity contribution in [3.63, 3.8) is 0 Å². The van der Waals surface area contributed by atoms with Gasteiger partial charge in [0.2, 0.25) is 5.91 Å². The lowest BCUT2D eigenvalue weighted by atomic mass is 10.1. The summed E-state index contributed by atoms with van der Waals surface area (Å²) in [7, 11) is 0. The normalized spacial score (nSPS) is 11.0. The third-order valence-corrected chi connectivity index (χ3v) is 4.42. The fourth-order valence-corrected chi connectivity index (χ4v) is 3.15. The van der Waals surface area contributed by atoms with Gasteiger partial charge in [-0.3, -0.25) is 20.2 Å². The van der Waals surface area contributed by atoms with Crippen molar-refractivity contribution in [1.29, 1.82) is 0 Å². The highest BCUT2D eigenvalue weighted by Gasteiger charge is 2.14. The molecule has 0 bridgehead atoms. The molecule has 0 atom stereocenters. The molecule has 1 heterocycles. The minimum Gasteiger partial charge on any atom is -0.434 e. The predicted molar refractivity (Wildman–Crippen MR) is 105 cm³/mol. The number of nitrogens with one attached hydrogen (secondary N) is 1. The van der Waals surface area contributed by atoms with Crippen molar-refractivity contribution in [2.24, 2.45) is 0 Å². The second-order valence-corrected chi connectivity index (χ2v) is 6.41. The molecule has 0 aliphatic heterocycles. The van der Waals surface area contributed by atoms with Crippen molar-refractivity contribution < 1.29 is 23.2 Å². The van der Waals surface area contributed by atoms with Crippen LogP contribution in [0.4, 0.5) is 19.6 Å². The van der Waals surface area contributed by atoms with Crippen molar-refractivity contribution in [1.82, 2.24) is 4.98 Å². The summed E-state index contributed by atoms with van der Waals surface area (Å²) in [6.45, 7) is -2.97. The van der Waals surface area contributed by atoms with E-state index in [1.54, 1.807) is 29.6 Å². The number of halogens is 2. The molecule has 148 valence electrons. The van der Waals surface area contributed by atoms with Crippen LogP contribution in [0.3, 0.4) is 0 Å². The van der Waals surface area contributed by atoms with Crippen molar-refractivity contribution in [3.05, 3.63) is 75.7 Å². The summed E-state index contributed by atoms with van der Waals surface area (Å²) in [4.78, 5) is 26.8. The summed E-state index contributed by atoms with van der Waals surface area (Å²) in [5.41, 5.74) is 0.888. The summed E-state index contributed by atoms with van der Waals surface area (Å²) in [6.07, 6.45) is 2.48. The van der Waals surface area contributed by atoms with E-state index in [9.17, 15) is 23.7 Å². The monoisotopic (exact) mass is 417 g/mol. The van der Waals surface area contributed by atoms with Gasteiger partial charge in [0, 0.05) is 23.1 Å². The molecule has 1 amide bonds. The summed E-state index contributed by atoms with van der Waals surface area (Å²) < 4.78 is 29.6. The fourth-order valence-electron chi connectivity index (χ4n) is 2.44. The SMILES string of the molecule is O=C(/C=C/c1ccccc1[N+](=O)[O-])Nc1nc(-c2ccccc2OC(F)F)cs1.